The van der Waals surface area contributed by atoms with Gasteiger partial charge in [-0.3, -0.25) is 4.90 Å². The van der Waals surface area contributed by atoms with Gasteiger partial charge in [-0.05, 0) is 97.7 Å². The maximum Gasteiger partial charge on any atom is 0.0901 e. The maximum absolute atomic E-state index is 8.68. The third-order valence-corrected chi connectivity index (χ3v) is 12.3. The van der Waals surface area contributed by atoms with Crippen molar-refractivity contribution in [1.29, 1.82) is 0 Å². The Morgan fingerprint density at radius 1 is 0.630 bits per heavy atom. The van der Waals surface area contributed by atoms with E-state index in [9.17, 15) is 0 Å². The number of piperazine rings is 2. The molecule has 0 radical (unpaired) electrons. The van der Waals surface area contributed by atoms with E-state index in [4.69, 9.17) is 5.11 Å². The summed E-state index contributed by atoms with van der Waals surface area (Å²) >= 11 is 10.3. The van der Waals surface area contributed by atoms with Gasteiger partial charge in [-0.1, -0.05) is 15.9 Å². The Hall–Kier alpha value is -1.28. The van der Waals surface area contributed by atoms with Crippen LogP contribution < -0.4 is 10.6 Å². The van der Waals surface area contributed by atoms with Crippen LogP contribution in [-0.4, -0.2) is 139 Å². The van der Waals surface area contributed by atoms with Gasteiger partial charge in [-0.25, -0.2) is 19.9 Å². The summed E-state index contributed by atoms with van der Waals surface area (Å²) < 4.78 is 0. The van der Waals surface area contributed by atoms with Gasteiger partial charge >= 0.3 is 0 Å². The predicted octanol–water partition coefficient (Wildman–Crippen LogP) is 6.59. The highest BCUT2D eigenvalue weighted by Crippen LogP contribution is 2.20. The molecule has 0 spiro atoms. The fourth-order valence-corrected chi connectivity index (χ4v) is 9.19. The van der Waals surface area contributed by atoms with Crippen molar-refractivity contribution < 1.29 is 5.11 Å². The molecule has 0 unspecified atom stereocenters. The molecule has 0 aliphatic carbocycles. The Balaban J connectivity index is 0.000000339. The van der Waals surface area contributed by atoms with Gasteiger partial charge in [0, 0.05) is 90.3 Å². The van der Waals surface area contributed by atoms with Crippen molar-refractivity contribution in [3.63, 3.8) is 0 Å². The molecular formula is C38H69BrN10OS4. The van der Waals surface area contributed by atoms with Crippen LogP contribution in [-0.2, 0) is 25.0 Å². The third-order valence-electron chi connectivity index (χ3n) is 8.05. The summed E-state index contributed by atoms with van der Waals surface area (Å²) in [7, 11) is 12.2. The van der Waals surface area contributed by atoms with E-state index in [2.05, 4.69) is 129 Å². The molecule has 2 aliphatic heterocycles. The fraction of sp³-hybridized carbons (Fsp3) is 0.684. The average Bonchev–Trinajstić information content (AvgIpc) is 3.83. The number of hydrogen-bond acceptors (Lipinski definition) is 15. The molecule has 0 aromatic carbocycles. The summed E-state index contributed by atoms with van der Waals surface area (Å²) in [5.74, 6) is 0. The molecule has 4 aromatic heterocycles. The Morgan fingerprint density at radius 2 is 1.00 bits per heavy atom. The minimum Gasteiger partial charge on any atom is -0.390 e. The Kier molecular flexibility index (Phi) is 26.5. The van der Waals surface area contributed by atoms with Crippen molar-refractivity contribution in [2.75, 3.05) is 94.6 Å². The van der Waals surface area contributed by atoms with E-state index in [0.717, 1.165) is 52.1 Å². The maximum atomic E-state index is 8.68. The smallest absolute Gasteiger partial charge is 0.0901 e. The Bertz CT molecular complexity index is 1510. The lowest BCUT2D eigenvalue weighted by Gasteiger charge is -2.31. The second-order valence-electron chi connectivity index (χ2n) is 13.6. The van der Waals surface area contributed by atoms with Crippen LogP contribution in [0.25, 0.3) is 0 Å². The van der Waals surface area contributed by atoms with Crippen LogP contribution in [0.3, 0.4) is 0 Å². The number of likely N-dealkylation sites (N-methyl/N-ethyl adjacent to an activating group) is 2. The highest BCUT2D eigenvalue weighted by Gasteiger charge is 2.16. The number of aliphatic hydroxyl groups excluding tert-OH is 1. The van der Waals surface area contributed by atoms with Gasteiger partial charge in [0.2, 0.25) is 0 Å². The molecule has 0 amide bonds. The Labute approximate surface area is 351 Å². The molecule has 0 saturated carbocycles. The van der Waals surface area contributed by atoms with Crippen LogP contribution in [0.4, 0.5) is 0 Å². The van der Waals surface area contributed by atoms with Crippen LogP contribution in [0.5, 0.6) is 0 Å². The van der Waals surface area contributed by atoms with Crippen molar-refractivity contribution in [3.8, 4) is 0 Å². The van der Waals surface area contributed by atoms with Crippen LogP contribution in [0, 0.1) is 55.4 Å². The van der Waals surface area contributed by atoms with Crippen molar-refractivity contribution in [2.24, 2.45) is 0 Å². The average molecular weight is 890 g/mol. The number of aliphatic hydroxyl groups is 1. The third kappa shape index (κ3) is 21.3. The van der Waals surface area contributed by atoms with Gasteiger partial charge in [-0.2, -0.15) is 0 Å². The van der Waals surface area contributed by atoms with Gasteiger partial charge in [0.25, 0.3) is 0 Å². The monoisotopic (exact) mass is 888 g/mol. The number of aryl methyl sites for hydroxylation is 8. The van der Waals surface area contributed by atoms with E-state index in [1.165, 1.54) is 81.0 Å². The Morgan fingerprint density at radius 3 is 1.28 bits per heavy atom. The molecular weight excluding hydrogens is 821 g/mol. The van der Waals surface area contributed by atoms with Crippen LogP contribution in [0.15, 0.2) is 0 Å². The van der Waals surface area contributed by atoms with E-state index >= 15 is 0 Å². The molecule has 0 bridgehead atoms. The molecule has 2 fully saturated rings. The lowest BCUT2D eigenvalue weighted by atomic mass is 10.3. The summed E-state index contributed by atoms with van der Waals surface area (Å²) in [4.78, 5) is 31.9. The van der Waals surface area contributed by atoms with Gasteiger partial charge in [0.1, 0.15) is 0 Å². The second kappa shape index (κ2) is 28.2. The summed E-state index contributed by atoms with van der Waals surface area (Å²) in [6.07, 6.45) is 0. The number of aromatic nitrogens is 4. The molecule has 6 rings (SSSR count). The molecule has 0 atom stereocenters. The van der Waals surface area contributed by atoms with E-state index in [0.29, 0.717) is 0 Å². The zero-order chi connectivity index (χ0) is 40.8. The van der Waals surface area contributed by atoms with E-state index < -0.39 is 0 Å². The molecule has 11 nitrogen and oxygen atoms in total. The van der Waals surface area contributed by atoms with Crippen molar-refractivity contribution in [3.05, 3.63) is 62.3 Å². The van der Waals surface area contributed by atoms with E-state index in [-0.39, 0.29) is 6.61 Å². The first kappa shape index (κ1) is 50.7. The largest absolute Gasteiger partial charge is 0.390 e. The zero-order valence-corrected chi connectivity index (χ0v) is 40.4. The molecule has 54 heavy (non-hydrogen) atoms. The number of nitrogens with one attached hydrogen (secondary N) is 2. The van der Waals surface area contributed by atoms with E-state index in [1.54, 1.807) is 34.0 Å². The first-order chi connectivity index (χ1) is 25.5. The topological polar surface area (TPSA) is 109 Å². The standard InChI is InChI=1S/C11H19N3S.C8H14N2S.C6H8BrNS.C6H9NOS.C5H12N2.C2H7N/c1-9-11(12-10(2)15-9)8-14-6-4-13(3)5-7-14;1-6-8(5-10(3)4)9-7(2)11-6;1-4-6(3-7)8-5(2)9-4;1-4-6(3-8)7-5(2)9-4;1-7-4-2-6-3-5-7;1-3-2/h4-8H2,1-3H3;5H2,1-4H3;3H2,1-2H3;8H,3H2,1-2H3;6H,2-5H2,1H3;3H,1-2H3. The number of halogens is 1. The minimum atomic E-state index is 0.0656. The number of hydrogen-bond donors (Lipinski definition) is 3. The van der Waals surface area contributed by atoms with Gasteiger partial charge in [-0.15, -0.1) is 45.3 Å². The van der Waals surface area contributed by atoms with Crippen molar-refractivity contribution in [2.45, 2.75) is 80.4 Å². The molecule has 6 heterocycles. The first-order valence-corrected chi connectivity index (χ1v) is 22.8. The summed E-state index contributed by atoms with van der Waals surface area (Å²) in [5.41, 5.74) is 4.49. The molecule has 4 aromatic rings. The van der Waals surface area contributed by atoms with Crippen LogP contribution in [0.1, 0.15) is 62.3 Å². The van der Waals surface area contributed by atoms with Crippen LogP contribution in [0.2, 0.25) is 0 Å². The SMILES string of the molecule is CN1CCNCC1.CNC.Cc1nc(CBr)c(C)s1.Cc1nc(CN(C)C)c(C)s1.Cc1nc(CN2CCN(C)CC2)c(C)s1.Cc1nc(CO)c(C)s1. The lowest BCUT2D eigenvalue weighted by molar-refractivity contribution is 0.147. The number of thiazole rings is 4. The molecule has 2 saturated heterocycles. The quantitative estimate of drug-likeness (QED) is 0.183. The summed E-state index contributed by atoms with van der Waals surface area (Å²) in [6, 6.07) is 0. The van der Waals surface area contributed by atoms with E-state index in [1.807, 2.05) is 46.2 Å². The van der Waals surface area contributed by atoms with Crippen molar-refractivity contribution >= 4 is 61.3 Å². The van der Waals surface area contributed by atoms with Gasteiger partial charge in [0.15, 0.2) is 0 Å². The molecule has 3 N–H and O–H groups in total. The zero-order valence-electron chi connectivity index (χ0n) is 35.5. The van der Waals surface area contributed by atoms with Crippen molar-refractivity contribution in [1.82, 2.24) is 50.2 Å². The number of nitrogens with zero attached hydrogens (tertiary/aromatic N) is 8. The minimum absolute atomic E-state index is 0.0656. The second-order valence-corrected chi connectivity index (χ2v) is 19.8. The summed E-state index contributed by atoms with van der Waals surface area (Å²) in [6.45, 7) is 28.0. The predicted molar refractivity (Wildman–Crippen MR) is 240 cm³/mol. The van der Waals surface area contributed by atoms with Gasteiger partial charge in [0.05, 0.1) is 49.4 Å². The molecule has 308 valence electrons. The molecule has 16 heteroatoms. The number of rotatable bonds is 6. The highest BCUT2D eigenvalue weighted by molar-refractivity contribution is 9.08. The van der Waals surface area contributed by atoms with Crippen LogP contribution >= 0.6 is 61.3 Å². The highest BCUT2D eigenvalue weighted by atomic mass is 79.9. The van der Waals surface area contributed by atoms with Gasteiger partial charge < -0.3 is 30.4 Å². The molecule has 2 aliphatic rings. The first-order valence-electron chi connectivity index (χ1n) is 18.4. The lowest BCUT2D eigenvalue weighted by Crippen LogP contribution is -2.44. The normalized spacial score (nSPS) is 14.7. The number of alkyl halides is 1. The fourth-order valence-electron chi connectivity index (χ4n) is 5.15. The summed E-state index contributed by atoms with van der Waals surface area (Å²) in [5, 5.41) is 20.1.